The molecule has 0 radical (unpaired) electrons. The monoisotopic (exact) mass is 262 g/mol. The van der Waals surface area contributed by atoms with E-state index in [0.29, 0.717) is 5.56 Å². The lowest BCUT2D eigenvalue weighted by Gasteiger charge is -2.17. The van der Waals surface area contributed by atoms with Gasteiger partial charge in [-0.25, -0.2) is 4.39 Å². The van der Waals surface area contributed by atoms with Crippen LogP contribution < -0.4 is 11.3 Å². The lowest BCUT2D eigenvalue weighted by Crippen LogP contribution is -2.29. The Hall–Kier alpha value is -1.72. The largest absolute Gasteiger partial charge is 0.273 e. The summed E-state index contributed by atoms with van der Waals surface area (Å²) in [5.74, 6) is 5.34. The van der Waals surface area contributed by atoms with Crippen LogP contribution in [-0.2, 0) is 13.5 Å². The van der Waals surface area contributed by atoms with Gasteiger partial charge in [-0.3, -0.25) is 16.0 Å². The van der Waals surface area contributed by atoms with Gasteiger partial charge in [0, 0.05) is 30.5 Å². The topological polar surface area (TPSA) is 55.9 Å². The highest BCUT2D eigenvalue weighted by Gasteiger charge is 2.15. The number of hydrazine groups is 1. The molecule has 1 aromatic heterocycles. The molecule has 5 heteroatoms. The lowest BCUT2D eigenvalue weighted by molar-refractivity contribution is 0.479. The molecule has 1 heterocycles. The number of nitrogens with zero attached hydrogens (tertiary/aromatic N) is 2. The molecule has 1 unspecified atom stereocenters. The van der Waals surface area contributed by atoms with E-state index in [4.69, 9.17) is 5.84 Å². The number of halogens is 1. The zero-order chi connectivity index (χ0) is 13.8. The molecule has 4 nitrogen and oxygen atoms in total. The molecule has 0 aliphatic heterocycles. The average Bonchev–Trinajstić information content (AvgIpc) is 2.78. The van der Waals surface area contributed by atoms with Crippen molar-refractivity contribution in [3.05, 3.63) is 53.1 Å². The fraction of sp³-hybridized carbons (Fsp3) is 0.357. The van der Waals surface area contributed by atoms with Crippen LogP contribution in [-0.4, -0.2) is 9.78 Å². The van der Waals surface area contributed by atoms with Gasteiger partial charge in [0.05, 0.1) is 0 Å². The standard InChI is InChI=1S/C14H19FN4/c1-10-3-5-12(13(15)9-10)14(18-16)6-4-11-7-8-17-19(11)2/h3,5,7-9,14,18H,4,6,16H2,1-2H3. The van der Waals surface area contributed by atoms with Gasteiger partial charge in [0.2, 0.25) is 0 Å². The van der Waals surface area contributed by atoms with Gasteiger partial charge < -0.3 is 0 Å². The fourth-order valence-corrected chi connectivity index (χ4v) is 2.18. The first kappa shape index (κ1) is 13.7. The molecule has 0 aliphatic carbocycles. The number of hydrogen-bond acceptors (Lipinski definition) is 3. The first-order valence-corrected chi connectivity index (χ1v) is 6.31. The number of aryl methyl sites for hydroxylation is 3. The zero-order valence-electron chi connectivity index (χ0n) is 11.2. The van der Waals surface area contributed by atoms with E-state index >= 15 is 0 Å². The van der Waals surface area contributed by atoms with Crippen LogP contribution in [0.25, 0.3) is 0 Å². The Bertz CT molecular complexity index is 550. The predicted octanol–water partition coefficient (Wildman–Crippen LogP) is 2.00. The average molecular weight is 262 g/mol. The van der Waals surface area contributed by atoms with Crippen molar-refractivity contribution in [2.24, 2.45) is 12.9 Å². The fourth-order valence-electron chi connectivity index (χ4n) is 2.18. The third-order valence-electron chi connectivity index (χ3n) is 3.34. The first-order chi connectivity index (χ1) is 9.11. The summed E-state index contributed by atoms with van der Waals surface area (Å²) < 4.78 is 15.7. The molecule has 0 amide bonds. The zero-order valence-corrected chi connectivity index (χ0v) is 11.2. The molecule has 0 aliphatic rings. The molecular weight excluding hydrogens is 243 g/mol. The Balaban J connectivity index is 2.10. The maximum Gasteiger partial charge on any atom is 0.128 e. The molecule has 0 bridgehead atoms. The Morgan fingerprint density at radius 2 is 2.21 bits per heavy atom. The van der Waals surface area contributed by atoms with Gasteiger partial charge in [-0.1, -0.05) is 12.1 Å². The van der Waals surface area contributed by atoms with Crippen LogP contribution in [0.15, 0.2) is 30.5 Å². The van der Waals surface area contributed by atoms with Gasteiger partial charge in [-0.05, 0) is 37.5 Å². The van der Waals surface area contributed by atoms with Gasteiger partial charge >= 0.3 is 0 Å². The van der Waals surface area contributed by atoms with Crippen molar-refractivity contribution in [2.75, 3.05) is 0 Å². The quantitative estimate of drug-likeness (QED) is 0.640. The van der Waals surface area contributed by atoms with Crippen LogP contribution in [0.2, 0.25) is 0 Å². The van der Waals surface area contributed by atoms with Gasteiger partial charge in [0.15, 0.2) is 0 Å². The molecule has 0 spiro atoms. The molecule has 102 valence electrons. The maximum absolute atomic E-state index is 13.9. The summed E-state index contributed by atoms with van der Waals surface area (Å²) in [6.07, 6.45) is 3.27. The van der Waals surface area contributed by atoms with Crippen LogP contribution in [0.4, 0.5) is 4.39 Å². The smallest absolute Gasteiger partial charge is 0.128 e. The molecule has 19 heavy (non-hydrogen) atoms. The van der Waals surface area contributed by atoms with Gasteiger partial charge in [0.25, 0.3) is 0 Å². The van der Waals surface area contributed by atoms with E-state index in [9.17, 15) is 4.39 Å². The van der Waals surface area contributed by atoms with Crippen LogP contribution in [0.5, 0.6) is 0 Å². The molecular formula is C14H19FN4. The van der Waals surface area contributed by atoms with Crippen LogP contribution in [0, 0.1) is 12.7 Å². The third kappa shape index (κ3) is 3.19. The SMILES string of the molecule is Cc1ccc(C(CCc2ccnn2C)NN)c(F)c1. The van der Waals surface area contributed by atoms with Crippen molar-refractivity contribution in [3.63, 3.8) is 0 Å². The van der Waals surface area contributed by atoms with E-state index in [-0.39, 0.29) is 11.9 Å². The number of nitrogens with two attached hydrogens (primary N) is 1. The summed E-state index contributed by atoms with van der Waals surface area (Å²) in [6.45, 7) is 1.87. The minimum absolute atomic E-state index is 0.199. The van der Waals surface area contributed by atoms with Crippen molar-refractivity contribution >= 4 is 0 Å². The summed E-state index contributed by atoms with van der Waals surface area (Å²) in [5.41, 5.74) is 5.31. The van der Waals surface area contributed by atoms with Gasteiger partial charge in [-0.15, -0.1) is 0 Å². The molecule has 0 saturated carbocycles. The minimum atomic E-state index is -0.215. The normalized spacial score (nSPS) is 12.6. The second-order valence-electron chi connectivity index (χ2n) is 4.73. The second-order valence-corrected chi connectivity index (χ2v) is 4.73. The summed E-state index contributed by atoms with van der Waals surface area (Å²) >= 11 is 0. The Morgan fingerprint density at radius 1 is 1.42 bits per heavy atom. The second kappa shape index (κ2) is 5.95. The van der Waals surface area contributed by atoms with Crippen LogP contribution >= 0.6 is 0 Å². The summed E-state index contributed by atoms with van der Waals surface area (Å²) in [7, 11) is 1.90. The highest BCUT2D eigenvalue weighted by atomic mass is 19.1. The Morgan fingerprint density at radius 3 is 2.79 bits per heavy atom. The van der Waals surface area contributed by atoms with E-state index in [0.717, 1.165) is 24.1 Å². The van der Waals surface area contributed by atoms with Gasteiger partial charge in [0.1, 0.15) is 5.82 Å². The van der Waals surface area contributed by atoms with Crippen molar-refractivity contribution in [3.8, 4) is 0 Å². The Kier molecular flexibility index (Phi) is 4.29. The van der Waals surface area contributed by atoms with Crippen LogP contribution in [0.1, 0.15) is 29.3 Å². The first-order valence-electron chi connectivity index (χ1n) is 6.31. The Labute approximate surface area is 112 Å². The minimum Gasteiger partial charge on any atom is -0.273 e. The number of rotatable bonds is 5. The molecule has 1 atom stereocenters. The summed E-state index contributed by atoms with van der Waals surface area (Å²) in [6, 6.07) is 6.98. The number of aromatic nitrogens is 2. The molecule has 3 N–H and O–H groups in total. The van der Waals surface area contributed by atoms with Gasteiger partial charge in [-0.2, -0.15) is 5.10 Å². The molecule has 0 fully saturated rings. The number of benzene rings is 1. The van der Waals surface area contributed by atoms with E-state index in [1.165, 1.54) is 6.07 Å². The van der Waals surface area contributed by atoms with E-state index in [1.807, 2.05) is 30.8 Å². The maximum atomic E-state index is 13.9. The van der Waals surface area contributed by atoms with Crippen LogP contribution in [0.3, 0.4) is 0 Å². The molecule has 2 aromatic rings. The predicted molar refractivity (Wildman–Crippen MR) is 72.7 cm³/mol. The molecule has 1 aromatic carbocycles. The van der Waals surface area contributed by atoms with E-state index < -0.39 is 0 Å². The number of hydrogen-bond donors (Lipinski definition) is 2. The molecule has 0 saturated heterocycles. The van der Waals surface area contributed by atoms with E-state index in [1.54, 1.807) is 12.3 Å². The van der Waals surface area contributed by atoms with Crippen molar-refractivity contribution in [2.45, 2.75) is 25.8 Å². The lowest BCUT2D eigenvalue weighted by atomic mass is 10.00. The van der Waals surface area contributed by atoms with Crippen molar-refractivity contribution < 1.29 is 4.39 Å². The molecule has 2 rings (SSSR count). The van der Waals surface area contributed by atoms with Crippen molar-refractivity contribution in [1.82, 2.24) is 15.2 Å². The highest BCUT2D eigenvalue weighted by molar-refractivity contribution is 5.26. The summed E-state index contributed by atoms with van der Waals surface area (Å²) in [5, 5.41) is 4.11. The third-order valence-corrected chi connectivity index (χ3v) is 3.34. The number of nitrogens with one attached hydrogen (secondary N) is 1. The summed E-state index contributed by atoms with van der Waals surface area (Å²) in [4.78, 5) is 0. The van der Waals surface area contributed by atoms with Crippen molar-refractivity contribution in [1.29, 1.82) is 0 Å². The highest BCUT2D eigenvalue weighted by Crippen LogP contribution is 2.22. The van der Waals surface area contributed by atoms with E-state index in [2.05, 4.69) is 10.5 Å².